The molecule has 0 aliphatic heterocycles. The Hall–Kier alpha value is -1.15. The van der Waals surface area contributed by atoms with Gasteiger partial charge in [0.2, 0.25) is 0 Å². The Morgan fingerprint density at radius 3 is 2.52 bits per heavy atom. The van der Waals surface area contributed by atoms with E-state index in [9.17, 15) is 12.8 Å². The summed E-state index contributed by atoms with van der Waals surface area (Å²) in [6.45, 7) is -0.287. The number of rotatable bonds is 4. The van der Waals surface area contributed by atoms with Crippen molar-refractivity contribution in [1.82, 2.24) is 0 Å². The molecule has 2 rings (SSSR count). The van der Waals surface area contributed by atoms with Gasteiger partial charge in [-0.3, -0.25) is 4.72 Å². The molecule has 112 valence electrons. The lowest BCUT2D eigenvalue weighted by Gasteiger charge is -2.10. The van der Waals surface area contributed by atoms with E-state index in [0.717, 1.165) is 6.07 Å². The quantitative estimate of drug-likeness (QED) is 0.833. The summed E-state index contributed by atoms with van der Waals surface area (Å²) in [6, 6.07) is 7.84. The number of aliphatic hydroxyl groups excluding tert-OH is 1. The Bertz CT molecular complexity index is 783. The monoisotopic (exact) mass is 393 g/mol. The Kier molecular flexibility index (Phi) is 4.88. The van der Waals surface area contributed by atoms with Crippen LogP contribution in [0, 0.1) is 5.82 Å². The van der Waals surface area contributed by atoms with E-state index in [1.54, 1.807) is 0 Å². The largest absolute Gasteiger partial charge is 0.392 e. The van der Waals surface area contributed by atoms with Gasteiger partial charge in [0.25, 0.3) is 10.0 Å². The summed E-state index contributed by atoms with van der Waals surface area (Å²) in [5.74, 6) is -0.580. The van der Waals surface area contributed by atoms with Crippen molar-refractivity contribution in [3.05, 3.63) is 57.3 Å². The van der Waals surface area contributed by atoms with Crippen LogP contribution in [-0.2, 0) is 16.6 Å². The van der Waals surface area contributed by atoms with E-state index in [4.69, 9.17) is 16.7 Å². The SMILES string of the molecule is O=S(=O)(Nc1ccc(Br)c(F)c1)c1ccc(CO)c(Cl)c1. The van der Waals surface area contributed by atoms with Crippen molar-refractivity contribution >= 4 is 43.2 Å². The van der Waals surface area contributed by atoms with Gasteiger partial charge in [0, 0.05) is 5.02 Å². The summed E-state index contributed by atoms with van der Waals surface area (Å²) in [5, 5.41) is 9.15. The van der Waals surface area contributed by atoms with Crippen LogP contribution in [0.15, 0.2) is 45.8 Å². The Labute approximate surface area is 134 Å². The van der Waals surface area contributed by atoms with Crippen LogP contribution in [-0.4, -0.2) is 13.5 Å². The number of hydrogen-bond donors (Lipinski definition) is 2. The van der Waals surface area contributed by atoms with Crippen LogP contribution in [0.2, 0.25) is 5.02 Å². The lowest BCUT2D eigenvalue weighted by molar-refractivity contribution is 0.282. The molecule has 0 bridgehead atoms. The summed E-state index contributed by atoms with van der Waals surface area (Å²) in [5.41, 5.74) is 0.517. The number of benzene rings is 2. The van der Waals surface area contributed by atoms with Gasteiger partial charge in [0.15, 0.2) is 0 Å². The van der Waals surface area contributed by atoms with Gasteiger partial charge >= 0.3 is 0 Å². The summed E-state index contributed by atoms with van der Waals surface area (Å²) in [6.07, 6.45) is 0. The Balaban J connectivity index is 2.33. The van der Waals surface area contributed by atoms with Crippen molar-refractivity contribution in [1.29, 1.82) is 0 Å². The van der Waals surface area contributed by atoms with Crippen molar-refractivity contribution in [3.8, 4) is 0 Å². The molecule has 0 saturated carbocycles. The highest BCUT2D eigenvalue weighted by Gasteiger charge is 2.16. The molecule has 4 nitrogen and oxygen atoms in total. The highest BCUT2D eigenvalue weighted by atomic mass is 79.9. The first-order valence-electron chi connectivity index (χ1n) is 5.70. The molecule has 2 N–H and O–H groups in total. The van der Waals surface area contributed by atoms with Gasteiger partial charge in [0.05, 0.1) is 21.7 Å². The second kappa shape index (κ2) is 6.31. The van der Waals surface area contributed by atoms with Gasteiger partial charge in [-0.05, 0) is 51.8 Å². The molecule has 0 amide bonds. The van der Waals surface area contributed by atoms with Gasteiger partial charge in [-0.15, -0.1) is 0 Å². The number of sulfonamides is 1. The molecule has 21 heavy (non-hydrogen) atoms. The van der Waals surface area contributed by atoms with E-state index >= 15 is 0 Å². The van der Waals surface area contributed by atoms with Crippen molar-refractivity contribution in [2.24, 2.45) is 0 Å². The number of anilines is 1. The summed E-state index contributed by atoms with van der Waals surface area (Å²) >= 11 is 8.85. The summed E-state index contributed by atoms with van der Waals surface area (Å²) < 4.78 is 40.2. The second-order valence-electron chi connectivity index (χ2n) is 4.15. The first-order chi connectivity index (χ1) is 9.83. The van der Waals surface area contributed by atoms with Crippen molar-refractivity contribution in [2.45, 2.75) is 11.5 Å². The lowest BCUT2D eigenvalue weighted by Crippen LogP contribution is -2.13. The van der Waals surface area contributed by atoms with Crippen LogP contribution in [0.1, 0.15) is 5.56 Å². The third-order valence-corrected chi connectivity index (χ3v) is 5.05. The van der Waals surface area contributed by atoms with E-state index in [1.165, 1.54) is 30.3 Å². The van der Waals surface area contributed by atoms with Crippen LogP contribution in [0.5, 0.6) is 0 Å². The first kappa shape index (κ1) is 16.2. The number of halogens is 3. The molecule has 0 aliphatic rings. The molecular formula is C13H10BrClFNO3S. The van der Waals surface area contributed by atoms with Crippen molar-refractivity contribution in [2.75, 3.05) is 4.72 Å². The lowest BCUT2D eigenvalue weighted by atomic mass is 10.2. The smallest absolute Gasteiger partial charge is 0.261 e. The fourth-order valence-corrected chi connectivity index (χ4v) is 3.22. The van der Waals surface area contributed by atoms with Gasteiger partial charge < -0.3 is 5.11 Å². The number of nitrogens with one attached hydrogen (secondary N) is 1. The predicted octanol–water partition coefficient (Wildman–Crippen LogP) is 3.53. The topological polar surface area (TPSA) is 66.4 Å². The normalized spacial score (nSPS) is 11.4. The average molecular weight is 395 g/mol. The standard InChI is InChI=1S/C13H10BrClFNO3S/c14-11-4-2-9(5-13(11)16)17-21(19,20)10-3-1-8(7-18)12(15)6-10/h1-6,17-18H,7H2. The van der Waals surface area contributed by atoms with E-state index in [-0.39, 0.29) is 26.7 Å². The highest BCUT2D eigenvalue weighted by molar-refractivity contribution is 9.10. The zero-order valence-corrected chi connectivity index (χ0v) is 13.6. The molecule has 0 aliphatic carbocycles. The van der Waals surface area contributed by atoms with E-state index in [0.29, 0.717) is 5.56 Å². The molecule has 0 spiro atoms. The second-order valence-corrected chi connectivity index (χ2v) is 7.09. The van der Waals surface area contributed by atoms with Gasteiger partial charge in [0.1, 0.15) is 5.82 Å². The van der Waals surface area contributed by atoms with Crippen LogP contribution >= 0.6 is 27.5 Å². The summed E-state index contributed by atoms with van der Waals surface area (Å²) in [7, 11) is -3.89. The molecule has 0 unspecified atom stereocenters. The molecule has 0 atom stereocenters. The molecule has 8 heteroatoms. The molecule has 0 fully saturated rings. The maximum atomic E-state index is 13.4. The molecular weight excluding hydrogens is 385 g/mol. The minimum Gasteiger partial charge on any atom is -0.392 e. The fraction of sp³-hybridized carbons (Fsp3) is 0.0769. The van der Waals surface area contributed by atoms with E-state index in [1.807, 2.05) is 0 Å². The average Bonchev–Trinajstić information content (AvgIpc) is 2.42. The number of aliphatic hydroxyl groups is 1. The predicted molar refractivity (Wildman–Crippen MR) is 82.3 cm³/mol. The Morgan fingerprint density at radius 1 is 1.24 bits per heavy atom. The molecule has 0 aromatic heterocycles. The van der Waals surface area contributed by atoms with E-state index in [2.05, 4.69) is 20.7 Å². The third kappa shape index (κ3) is 3.74. The van der Waals surface area contributed by atoms with Gasteiger partial charge in [-0.25, -0.2) is 12.8 Å². The molecule has 0 saturated heterocycles. The van der Waals surface area contributed by atoms with Crippen LogP contribution in [0.25, 0.3) is 0 Å². The van der Waals surface area contributed by atoms with E-state index < -0.39 is 15.8 Å². The fourth-order valence-electron chi connectivity index (χ4n) is 1.60. The highest BCUT2D eigenvalue weighted by Crippen LogP contribution is 2.24. The van der Waals surface area contributed by atoms with Crippen molar-refractivity contribution < 1.29 is 17.9 Å². The van der Waals surface area contributed by atoms with Crippen molar-refractivity contribution in [3.63, 3.8) is 0 Å². The third-order valence-electron chi connectivity index (χ3n) is 2.68. The zero-order valence-electron chi connectivity index (χ0n) is 10.5. The van der Waals surface area contributed by atoms with Crippen LogP contribution in [0.3, 0.4) is 0 Å². The zero-order chi connectivity index (χ0) is 15.6. The summed E-state index contributed by atoms with van der Waals surface area (Å²) in [4.78, 5) is -0.0759. The minimum absolute atomic E-state index is 0.0759. The maximum absolute atomic E-state index is 13.4. The van der Waals surface area contributed by atoms with Gasteiger partial charge in [-0.2, -0.15) is 0 Å². The van der Waals surface area contributed by atoms with Crippen LogP contribution in [0.4, 0.5) is 10.1 Å². The Morgan fingerprint density at radius 2 is 1.95 bits per heavy atom. The minimum atomic E-state index is -3.89. The van der Waals surface area contributed by atoms with Gasteiger partial charge in [-0.1, -0.05) is 17.7 Å². The molecule has 0 radical (unpaired) electrons. The number of hydrogen-bond acceptors (Lipinski definition) is 3. The molecule has 2 aromatic rings. The first-order valence-corrected chi connectivity index (χ1v) is 8.36. The maximum Gasteiger partial charge on any atom is 0.261 e. The molecule has 0 heterocycles. The van der Waals surface area contributed by atoms with Crippen LogP contribution < -0.4 is 4.72 Å². The molecule has 2 aromatic carbocycles.